The molecule has 5 nitrogen and oxygen atoms in total. The molecule has 2 amide bonds. The predicted octanol–water partition coefficient (Wildman–Crippen LogP) is 17.6. The van der Waals surface area contributed by atoms with Crippen LogP contribution >= 0.6 is 0 Å². The second-order valence-corrected chi connectivity index (χ2v) is 18.5. The quantitative estimate of drug-likeness (QED) is 0.0643. The lowest BCUT2D eigenvalue weighted by atomic mass is 10.0. The minimum atomic E-state index is -0.100. The number of unbranched alkanes of at least 4 members (excludes halogenated alkanes) is 38. The second-order valence-electron chi connectivity index (χ2n) is 18.5. The number of hydrogen-bond acceptors (Lipinski definition) is 3. The summed E-state index contributed by atoms with van der Waals surface area (Å²) in [5.74, 6) is 0.352. The molecule has 1 rings (SSSR count). The van der Waals surface area contributed by atoms with E-state index >= 15 is 0 Å². The molecule has 0 aromatic heterocycles. The molecular formula is C55H102N2O3. The fourth-order valence-corrected chi connectivity index (χ4v) is 8.51. The normalized spacial score (nSPS) is 11.3. The van der Waals surface area contributed by atoms with E-state index in [2.05, 4.69) is 31.4 Å². The molecule has 0 unspecified atom stereocenters. The van der Waals surface area contributed by atoms with E-state index in [1.165, 1.54) is 225 Å². The number of amides is 2. The minimum absolute atomic E-state index is 0.0808. The monoisotopic (exact) mass is 839 g/mol. The Morgan fingerprint density at radius 3 is 0.983 bits per heavy atom. The molecule has 0 aliphatic rings. The van der Waals surface area contributed by atoms with Crippen LogP contribution in [0.1, 0.15) is 305 Å². The van der Waals surface area contributed by atoms with Gasteiger partial charge in [-0.15, -0.1) is 0 Å². The van der Waals surface area contributed by atoms with Crippen molar-refractivity contribution < 1.29 is 14.3 Å². The highest BCUT2D eigenvalue weighted by atomic mass is 16.5. The van der Waals surface area contributed by atoms with Gasteiger partial charge in [-0.25, -0.2) is 0 Å². The Balaban J connectivity index is 2.29. The van der Waals surface area contributed by atoms with Gasteiger partial charge in [-0.3, -0.25) is 9.59 Å². The molecule has 0 heterocycles. The van der Waals surface area contributed by atoms with Crippen molar-refractivity contribution in [3.05, 3.63) is 29.3 Å². The van der Waals surface area contributed by atoms with Gasteiger partial charge in [-0.1, -0.05) is 265 Å². The topological polar surface area (TPSA) is 67.4 Å². The molecule has 0 fully saturated rings. The van der Waals surface area contributed by atoms with E-state index in [0.29, 0.717) is 36.6 Å². The second kappa shape index (κ2) is 45.0. The molecular weight excluding hydrogens is 737 g/mol. The van der Waals surface area contributed by atoms with E-state index in [1.807, 2.05) is 0 Å². The summed E-state index contributed by atoms with van der Waals surface area (Å²) in [7, 11) is 0. The Hall–Kier alpha value is -2.04. The third-order valence-electron chi connectivity index (χ3n) is 12.6. The highest BCUT2D eigenvalue weighted by Gasteiger charge is 2.16. The van der Waals surface area contributed by atoms with Gasteiger partial charge in [0, 0.05) is 18.7 Å². The van der Waals surface area contributed by atoms with Crippen LogP contribution in [0.3, 0.4) is 0 Å². The van der Waals surface area contributed by atoms with Gasteiger partial charge in [-0.05, 0) is 37.5 Å². The number of ether oxygens (including phenoxy) is 1. The Bertz CT molecular complexity index is 1070. The van der Waals surface area contributed by atoms with Crippen molar-refractivity contribution in [3.8, 4) is 5.75 Å². The van der Waals surface area contributed by atoms with Crippen LogP contribution in [-0.4, -0.2) is 31.5 Å². The van der Waals surface area contributed by atoms with Crippen LogP contribution in [-0.2, 0) is 0 Å². The zero-order valence-corrected chi connectivity index (χ0v) is 40.6. The van der Waals surface area contributed by atoms with Crippen molar-refractivity contribution in [2.75, 3.05) is 19.7 Å². The Labute approximate surface area is 374 Å². The molecule has 0 saturated heterocycles. The van der Waals surface area contributed by atoms with Crippen molar-refractivity contribution >= 4 is 11.8 Å². The molecule has 2 N–H and O–H groups in total. The number of nitrogens with one attached hydrogen (secondary N) is 2. The maximum absolute atomic E-state index is 13.3. The van der Waals surface area contributed by atoms with Crippen molar-refractivity contribution in [1.82, 2.24) is 10.6 Å². The third kappa shape index (κ3) is 35.5. The van der Waals surface area contributed by atoms with Crippen LogP contribution in [0.15, 0.2) is 18.2 Å². The SMILES string of the molecule is CCCCCCCCCCCCCCCCCCCNC(=O)c1ccc(C(=O)NCCCCCCCCCCCCCCCCCCC)c(OCCCCCCCCC)c1. The van der Waals surface area contributed by atoms with Crippen LogP contribution in [0.4, 0.5) is 0 Å². The van der Waals surface area contributed by atoms with Crippen molar-refractivity contribution in [3.63, 3.8) is 0 Å². The molecule has 0 bridgehead atoms. The number of carbonyl (C=O) groups is 2. The van der Waals surface area contributed by atoms with Crippen LogP contribution in [0.25, 0.3) is 0 Å². The van der Waals surface area contributed by atoms with Crippen LogP contribution < -0.4 is 15.4 Å². The minimum Gasteiger partial charge on any atom is -0.493 e. The van der Waals surface area contributed by atoms with Crippen LogP contribution in [0.5, 0.6) is 5.75 Å². The first-order chi connectivity index (χ1) is 29.6. The predicted molar refractivity (Wildman–Crippen MR) is 263 cm³/mol. The van der Waals surface area contributed by atoms with E-state index < -0.39 is 0 Å². The van der Waals surface area contributed by atoms with Gasteiger partial charge in [-0.2, -0.15) is 0 Å². The first-order valence-corrected chi connectivity index (χ1v) is 27.0. The molecule has 5 heteroatoms. The van der Waals surface area contributed by atoms with Gasteiger partial charge >= 0.3 is 0 Å². The van der Waals surface area contributed by atoms with Gasteiger partial charge in [0.25, 0.3) is 11.8 Å². The maximum Gasteiger partial charge on any atom is 0.255 e. The lowest BCUT2D eigenvalue weighted by Crippen LogP contribution is -2.26. The lowest BCUT2D eigenvalue weighted by Gasteiger charge is -2.14. The Kier molecular flexibility index (Phi) is 42.0. The van der Waals surface area contributed by atoms with E-state index in [9.17, 15) is 9.59 Å². The largest absolute Gasteiger partial charge is 0.493 e. The number of benzene rings is 1. The molecule has 1 aromatic carbocycles. The maximum atomic E-state index is 13.3. The van der Waals surface area contributed by atoms with E-state index in [0.717, 1.165) is 38.5 Å². The van der Waals surface area contributed by atoms with Crippen molar-refractivity contribution in [2.45, 2.75) is 284 Å². The molecule has 1 aromatic rings. The molecule has 0 atom stereocenters. The van der Waals surface area contributed by atoms with Gasteiger partial charge in [0.05, 0.1) is 12.2 Å². The van der Waals surface area contributed by atoms with Crippen LogP contribution in [0.2, 0.25) is 0 Å². The summed E-state index contributed by atoms with van der Waals surface area (Å²) >= 11 is 0. The summed E-state index contributed by atoms with van der Waals surface area (Å²) < 4.78 is 6.22. The Morgan fingerprint density at radius 1 is 0.367 bits per heavy atom. The fourth-order valence-electron chi connectivity index (χ4n) is 8.51. The zero-order chi connectivity index (χ0) is 43.2. The van der Waals surface area contributed by atoms with Gasteiger partial charge < -0.3 is 15.4 Å². The van der Waals surface area contributed by atoms with Gasteiger partial charge in [0.15, 0.2) is 0 Å². The average Bonchev–Trinajstić information content (AvgIpc) is 3.26. The molecule has 0 spiro atoms. The summed E-state index contributed by atoms with van der Waals surface area (Å²) in [5, 5.41) is 6.26. The third-order valence-corrected chi connectivity index (χ3v) is 12.6. The molecule has 350 valence electrons. The first-order valence-electron chi connectivity index (χ1n) is 27.0. The first kappa shape index (κ1) is 56.0. The van der Waals surface area contributed by atoms with E-state index in [1.54, 1.807) is 18.2 Å². The molecule has 0 aliphatic heterocycles. The van der Waals surface area contributed by atoms with Gasteiger partial charge in [0.2, 0.25) is 0 Å². The number of carbonyl (C=O) groups excluding carboxylic acids is 2. The van der Waals surface area contributed by atoms with Crippen molar-refractivity contribution in [1.29, 1.82) is 0 Å². The van der Waals surface area contributed by atoms with Gasteiger partial charge in [0.1, 0.15) is 5.75 Å². The molecule has 0 saturated carbocycles. The molecule has 60 heavy (non-hydrogen) atoms. The summed E-state index contributed by atoms with van der Waals surface area (Å²) in [6.07, 6.45) is 54.3. The summed E-state index contributed by atoms with van der Waals surface area (Å²) in [5.41, 5.74) is 1.11. The smallest absolute Gasteiger partial charge is 0.255 e. The van der Waals surface area contributed by atoms with Crippen LogP contribution in [0, 0.1) is 0 Å². The average molecular weight is 839 g/mol. The number of hydrogen-bond donors (Lipinski definition) is 2. The zero-order valence-electron chi connectivity index (χ0n) is 40.6. The highest BCUT2D eigenvalue weighted by molar-refractivity contribution is 6.00. The standard InChI is InChI=1S/C55H102N2O3/c1-4-7-10-13-16-18-20-22-24-26-28-30-32-34-36-39-42-47-56-54(58)51-45-46-52(53(50-51)60-49-44-41-38-15-12-9-6-3)55(59)57-48-43-40-37-35-33-31-29-27-25-23-21-19-17-14-11-8-5-2/h45-46,50H,4-44,47-49H2,1-3H3,(H,56,58)(H,57,59). The molecule has 0 radical (unpaired) electrons. The molecule has 0 aliphatic carbocycles. The summed E-state index contributed by atoms with van der Waals surface area (Å²) in [6.45, 7) is 8.76. The summed E-state index contributed by atoms with van der Waals surface area (Å²) in [6, 6.07) is 5.36. The number of rotatable bonds is 47. The highest BCUT2D eigenvalue weighted by Crippen LogP contribution is 2.23. The Morgan fingerprint density at radius 2 is 0.650 bits per heavy atom. The van der Waals surface area contributed by atoms with E-state index in [-0.39, 0.29) is 11.8 Å². The lowest BCUT2D eigenvalue weighted by molar-refractivity contribution is 0.0937. The summed E-state index contributed by atoms with van der Waals surface area (Å²) in [4.78, 5) is 26.5. The van der Waals surface area contributed by atoms with E-state index in [4.69, 9.17) is 4.74 Å². The van der Waals surface area contributed by atoms with Crippen molar-refractivity contribution in [2.24, 2.45) is 0 Å². The fraction of sp³-hybridized carbons (Fsp3) is 0.855.